The fourth-order valence-electron chi connectivity index (χ4n) is 4.12. The van der Waals surface area contributed by atoms with Gasteiger partial charge in [0.25, 0.3) is 5.56 Å². The van der Waals surface area contributed by atoms with E-state index in [1.807, 2.05) is 12.1 Å². The molecule has 0 radical (unpaired) electrons. The zero-order chi connectivity index (χ0) is 22.2. The molecular formula is C26H18N2O4. The third-order valence-electron chi connectivity index (χ3n) is 5.64. The summed E-state index contributed by atoms with van der Waals surface area (Å²) in [6, 6.07) is 24.2. The molecule has 156 valence electrons. The molecule has 6 heteroatoms. The first-order valence-electron chi connectivity index (χ1n) is 10.3. The Labute approximate surface area is 183 Å². The molecule has 32 heavy (non-hydrogen) atoms. The molecule has 1 aromatic heterocycles. The van der Waals surface area contributed by atoms with Gasteiger partial charge in [0.1, 0.15) is 11.3 Å². The third-order valence-corrected chi connectivity index (χ3v) is 5.64. The van der Waals surface area contributed by atoms with Crippen molar-refractivity contribution in [3.63, 3.8) is 0 Å². The van der Waals surface area contributed by atoms with Crippen LogP contribution in [-0.2, 0) is 6.54 Å². The van der Waals surface area contributed by atoms with Gasteiger partial charge in [-0.1, -0.05) is 72.8 Å². The van der Waals surface area contributed by atoms with Gasteiger partial charge in [-0.15, -0.1) is 0 Å². The van der Waals surface area contributed by atoms with E-state index < -0.39 is 11.3 Å². The standard InChI is InChI=1S/C26H18N2O4/c29-21(17-9-3-1-4-10-17)15-16-27-26(32)22-23(28(27)18-11-5-2-6-12-18)25(31)20-14-8-7-13-19(20)24(22)30/h1-14H,15-16H2. The summed E-state index contributed by atoms with van der Waals surface area (Å²) in [5, 5.41) is 0. The van der Waals surface area contributed by atoms with Crippen molar-refractivity contribution in [3.8, 4) is 5.69 Å². The van der Waals surface area contributed by atoms with Gasteiger partial charge in [-0.25, -0.2) is 9.36 Å². The minimum absolute atomic E-state index is 0.0331. The molecule has 1 aliphatic carbocycles. The Kier molecular flexibility index (Phi) is 4.75. The lowest BCUT2D eigenvalue weighted by Crippen LogP contribution is -2.27. The van der Waals surface area contributed by atoms with Gasteiger partial charge in [0, 0.05) is 23.1 Å². The maximum atomic E-state index is 13.4. The van der Waals surface area contributed by atoms with E-state index in [4.69, 9.17) is 0 Å². The number of carbonyl (C=O) groups is 3. The van der Waals surface area contributed by atoms with Crippen LogP contribution >= 0.6 is 0 Å². The molecule has 0 atom stereocenters. The highest BCUT2D eigenvalue weighted by Gasteiger charge is 2.37. The lowest BCUT2D eigenvalue weighted by atomic mass is 9.88. The van der Waals surface area contributed by atoms with Crippen molar-refractivity contribution in [2.45, 2.75) is 13.0 Å². The van der Waals surface area contributed by atoms with Crippen LogP contribution in [0.1, 0.15) is 48.8 Å². The summed E-state index contributed by atoms with van der Waals surface area (Å²) in [4.78, 5) is 52.6. The normalized spacial score (nSPS) is 12.4. The van der Waals surface area contributed by atoms with Crippen LogP contribution in [0.3, 0.4) is 0 Å². The first-order chi connectivity index (χ1) is 15.6. The monoisotopic (exact) mass is 422 g/mol. The molecule has 3 aromatic carbocycles. The van der Waals surface area contributed by atoms with E-state index in [9.17, 15) is 19.2 Å². The van der Waals surface area contributed by atoms with Crippen molar-refractivity contribution >= 4 is 17.3 Å². The lowest BCUT2D eigenvalue weighted by Gasteiger charge is -2.17. The number of rotatable bonds is 5. The predicted octanol–water partition coefficient (Wildman–Crippen LogP) is 3.69. The maximum Gasteiger partial charge on any atom is 0.279 e. The van der Waals surface area contributed by atoms with E-state index in [-0.39, 0.29) is 46.9 Å². The minimum atomic E-state index is -0.572. The average Bonchev–Trinajstić information content (AvgIpc) is 3.14. The fraction of sp³-hybridized carbons (Fsp3) is 0.0769. The van der Waals surface area contributed by atoms with E-state index >= 15 is 0 Å². The van der Waals surface area contributed by atoms with E-state index in [0.717, 1.165) is 0 Å². The first-order valence-corrected chi connectivity index (χ1v) is 10.3. The highest BCUT2D eigenvalue weighted by Crippen LogP contribution is 2.28. The molecule has 1 heterocycles. The number of hydrogen-bond donors (Lipinski definition) is 0. The SMILES string of the molecule is O=C(CCn1c(=O)c2c(n1-c1ccccc1)C(=O)c1ccccc1C2=O)c1ccccc1. The molecule has 0 N–H and O–H groups in total. The van der Waals surface area contributed by atoms with Gasteiger partial charge in [-0.2, -0.15) is 0 Å². The largest absolute Gasteiger partial charge is 0.294 e. The van der Waals surface area contributed by atoms with E-state index in [0.29, 0.717) is 11.3 Å². The van der Waals surface area contributed by atoms with Crippen molar-refractivity contribution < 1.29 is 14.4 Å². The van der Waals surface area contributed by atoms with Gasteiger partial charge in [0.2, 0.25) is 11.6 Å². The van der Waals surface area contributed by atoms with Crippen LogP contribution in [-0.4, -0.2) is 26.7 Å². The van der Waals surface area contributed by atoms with Crippen LogP contribution in [0.5, 0.6) is 0 Å². The zero-order valence-corrected chi connectivity index (χ0v) is 17.0. The van der Waals surface area contributed by atoms with Crippen molar-refractivity contribution in [1.82, 2.24) is 9.36 Å². The van der Waals surface area contributed by atoms with Crippen LogP contribution in [0.25, 0.3) is 5.69 Å². The summed E-state index contributed by atoms with van der Waals surface area (Å²) in [5.74, 6) is -0.987. The lowest BCUT2D eigenvalue weighted by molar-refractivity contribution is 0.0971. The van der Waals surface area contributed by atoms with Crippen molar-refractivity contribution in [2.24, 2.45) is 0 Å². The number of hydrogen-bond acceptors (Lipinski definition) is 4. The number of carbonyl (C=O) groups excluding carboxylic acids is 3. The highest BCUT2D eigenvalue weighted by atomic mass is 16.2. The van der Waals surface area contributed by atoms with Crippen molar-refractivity contribution in [2.75, 3.05) is 0 Å². The first kappa shape index (κ1) is 19.6. The number of para-hydroxylation sites is 1. The molecule has 0 aliphatic heterocycles. The molecule has 0 unspecified atom stereocenters. The molecular weight excluding hydrogens is 404 g/mol. The van der Waals surface area contributed by atoms with Gasteiger partial charge in [0.15, 0.2) is 5.78 Å². The number of ketones is 3. The Hall–Kier alpha value is -4.32. The number of nitrogens with zero attached hydrogens (tertiary/aromatic N) is 2. The van der Waals surface area contributed by atoms with Crippen LogP contribution in [0, 0.1) is 0 Å². The van der Waals surface area contributed by atoms with Crippen molar-refractivity contribution in [3.05, 3.63) is 123 Å². The Morgan fingerprint density at radius 2 is 1.25 bits per heavy atom. The molecule has 0 bridgehead atoms. The number of benzene rings is 3. The Balaban J connectivity index is 1.66. The topological polar surface area (TPSA) is 78.1 Å². The smallest absolute Gasteiger partial charge is 0.279 e. The van der Waals surface area contributed by atoms with Gasteiger partial charge in [-0.3, -0.25) is 19.2 Å². The molecule has 0 fully saturated rings. The molecule has 1 aliphatic rings. The molecule has 0 saturated carbocycles. The second kappa shape index (κ2) is 7.74. The number of fused-ring (bicyclic) bond motifs is 2. The summed E-state index contributed by atoms with van der Waals surface area (Å²) < 4.78 is 2.80. The van der Waals surface area contributed by atoms with E-state index in [2.05, 4.69) is 0 Å². The molecule has 0 spiro atoms. The highest BCUT2D eigenvalue weighted by molar-refractivity contribution is 6.27. The van der Waals surface area contributed by atoms with Gasteiger partial charge >= 0.3 is 0 Å². The Morgan fingerprint density at radius 3 is 1.91 bits per heavy atom. The quantitative estimate of drug-likeness (QED) is 0.405. The third kappa shape index (κ3) is 3.04. The Bertz CT molecular complexity index is 1430. The van der Waals surface area contributed by atoms with Crippen LogP contribution in [0.2, 0.25) is 0 Å². The van der Waals surface area contributed by atoms with Gasteiger partial charge in [-0.05, 0) is 12.1 Å². The molecule has 4 aromatic rings. The van der Waals surface area contributed by atoms with Gasteiger partial charge in [0.05, 0.1) is 12.2 Å². The summed E-state index contributed by atoms with van der Waals surface area (Å²) >= 11 is 0. The number of aromatic nitrogens is 2. The van der Waals surface area contributed by atoms with E-state index in [1.54, 1.807) is 72.8 Å². The molecule has 0 amide bonds. The number of Topliss-reactive ketones (excluding diaryl/α,β-unsaturated/α-hetero) is 1. The molecule has 6 nitrogen and oxygen atoms in total. The summed E-state index contributed by atoms with van der Waals surface area (Å²) in [6.07, 6.45) is 0.0506. The van der Waals surface area contributed by atoms with Crippen LogP contribution in [0.4, 0.5) is 0 Å². The molecule has 0 saturated heterocycles. The minimum Gasteiger partial charge on any atom is -0.294 e. The fourth-order valence-corrected chi connectivity index (χ4v) is 4.12. The summed E-state index contributed by atoms with van der Waals surface area (Å²) in [6.45, 7) is 0.0331. The average molecular weight is 422 g/mol. The summed E-state index contributed by atoms with van der Waals surface area (Å²) in [5.41, 5.74) is 0.924. The Morgan fingerprint density at radius 1 is 0.688 bits per heavy atom. The van der Waals surface area contributed by atoms with Crippen molar-refractivity contribution in [1.29, 1.82) is 0 Å². The summed E-state index contributed by atoms with van der Waals surface area (Å²) in [7, 11) is 0. The zero-order valence-electron chi connectivity index (χ0n) is 17.0. The maximum absolute atomic E-state index is 13.4. The van der Waals surface area contributed by atoms with Crippen LogP contribution in [0.15, 0.2) is 89.7 Å². The second-order valence-corrected chi connectivity index (χ2v) is 7.54. The second-order valence-electron chi connectivity index (χ2n) is 7.54. The molecule has 5 rings (SSSR count). The van der Waals surface area contributed by atoms with Gasteiger partial charge < -0.3 is 0 Å². The predicted molar refractivity (Wildman–Crippen MR) is 119 cm³/mol. The van der Waals surface area contributed by atoms with Crippen LogP contribution < -0.4 is 5.56 Å². The van der Waals surface area contributed by atoms with E-state index in [1.165, 1.54) is 9.36 Å².